The van der Waals surface area contributed by atoms with Crippen LogP contribution in [0.3, 0.4) is 0 Å². The number of fused-ring (bicyclic) bond motifs is 2. The van der Waals surface area contributed by atoms with E-state index >= 15 is 0 Å². The number of hydrogen-bond acceptors (Lipinski definition) is 9. The Morgan fingerprint density at radius 2 is 1.04 bits per heavy atom. The van der Waals surface area contributed by atoms with E-state index in [9.17, 15) is 0 Å². The minimum absolute atomic E-state index is 0.491. The van der Waals surface area contributed by atoms with Gasteiger partial charge in [0, 0.05) is 92.7 Å². The lowest BCUT2D eigenvalue weighted by Gasteiger charge is -2.35. The van der Waals surface area contributed by atoms with Crippen molar-refractivity contribution in [2.45, 2.75) is 20.5 Å². The maximum Gasteiger partial charge on any atom is 0.214 e. The molecule has 2 aliphatic rings. The molecule has 0 aliphatic carbocycles. The third kappa shape index (κ3) is 9.18. The van der Waals surface area contributed by atoms with Gasteiger partial charge in [0.25, 0.3) is 0 Å². The number of anilines is 2. The van der Waals surface area contributed by atoms with Gasteiger partial charge in [-0.2, -0.15) is 0 Å². The average molecular weight is 777 g/mol. The number of nitrogens with zero attached hydrogens (tertiary/aromatic N) is 8. The molecule has 10 heteroatoms. The summed E-state index contributed by atoms with van der Waals surface area (Å²) >= 11 is 6.08. The van der Waals surface area contributed by atoms with E-state index in [0.29, 0.717) is 17.6 Å². The third-order valence-electron chi connectivity index (χ3n) is 11.0. The fourth-order valence-electron chi connectivity index (χ4n) is 7.63. The highest BCUT2D eigenvalue weighted by Gasteiger charge is 2.21. The highest BCUT2D eigenvalue weighted by molar-refractivity contribution is 6.29. The Hall–Kier alpha value is -5.61. The molecule has 0 radical (unpaired) electrons. The number of piperazine rings is 2. The predicted octanol–water partition coefficient (Wildman–Crippen LogP) is 9.11. The van der Waals surface area contributed by atoms with E-state index in [1.54, 1.807) is 12.4 Å². The zero-order valence-electron chi connectivity index (χ0n) is 32.8. The second-order valence-electron chi connectivity index (χ2n) is 14.5. The molecule has 0 spiro atoms. The van der Waals surface area contributed by atoms with Gasteiger partial charge in [-0.05, 0) is 59.8 Å². The molecule has 3 aromatic carbocycles. The van der Waals surface area contributed by atoms with Gasteiger partial charge in [0.1, 0.15) is 23.4 Å². The number of rotatable bonds is 9. The lowest BCUT2D eigenvalue weighted by atomic mass is 10.1. The summed E-state index contributed by atoms with van der Waals surface area (Å²) in [7, 11) is 0. The number of halogens is 1. The predicted molar refractivity (Wildman–Crippen MR) is 234 cm³/mol. The fraction of sp³-hybridized carbons (Fsp3) is 0.277. The highest BCUT2D eigenvalue weighted by atomic mass is 35.5. The molecule has 290 valence electrons. The van der Waals surface area contributed by atoms with Gasteiger partial charge in [-0.1, -0.05) is 104 Å². The van der Waals surface area contributed by atoms with E-state index in [4.69, 9.17) is 26.3 Å². The number of hydrogen-bond donors (Lipinski definition) is 0. The molecule has 0 saturated carbocycles. The normalized spacial score (nSPS) is 15.1. The van der Waals surface area contributed by atoms with Crippen molar-refractivity contribution in [3.8, 4) is 28.4 Å². The minimum Gasteiger partial charge on any atom is -0.473 e. The Labute approximate surface area is 340 Å². The van der Waals surface area contributed by atoms with Crippen LogP contribution >= 0.6 is 11.6 Å². The van der Waals surface area contributed by atoms with Crippen molar-refractivity contribution in [3.05, 3.63) is 138 Å². The van der Waals surface area contributed by atoms with Crippen LogP contribution in [0.5, 0.6) is 5.88 Å². The molecule has 2 aliphatic heterocycles. The second-order valence-corrected chi connectivity index (χ2v) is 14.9. The summed E-state index contributed by atoms with van der Waals surface area (Å²) in [5.41, 5.74) is 5.03. The zero-order valence-corrected chi connectivity index (χ0v) is 33.5. The van der Waals surface area contributed by atoms with Crippen LogP contribution < -0.4 is 14.5 Å². The van der Waals surface area contributed by atoms with Crippen LogP contribution in [0.2, 0.25) is 5.15 Å². The molecule has 0 amide bonds. The number of benzene rings is 3. The molecule has 9 rings (SSSR count). The molecular weight excluding hydrogens is 728 g/mol. The molecule has 0 atom stereocenters. The molecule has 0 N–H and O–H groups in total. The number of ether oxygens (including phenoxy) is 1. The Balaban J connectivity index is 0.000000165. The molecular formula is C47H49ClN8O. The van der Waals surface area contributed by atoms with Crippen molar-refractivity contribution >= 4 is 44.8 Å². The Morgan fingerprint density at radius 3 is 1.56 bits per heavy atom. The Kier molecular flexibility index (Phi) is 12.2. The SMILES string of the molecule is CCN1CCN(c2nc(-c3ccnc(Cl)c3)cc3ccccc23)CC1.CCN1CCN(c2nc(-c3ccnc(OCc4ccccc4)c3)cc3ccccc23)CC1. The van der Waals surface area contributed by atoms with Gasteiger partial charge in [0.05, 0.1) is 11.4 Å². The number of likely N-dealkylation sites (N-methyl/N-ethyl adjacent to an activating group) is 2. The first-order chi connectivity index (χ1) is 28.0. The lowest BCUT2D eigenvalue weighted by molar-refractivity contribution is 0.271. The van der Waals surface area contributed by atoms with E-state index in [0.717, 1.165) is 105 Å². The average Bonchev–Trinajstić information content (AvgIpc) is 3.28. The summed E-state index contributed by atoms with van der Waals surface area (Å²) in [6.45, 7) is 15.5. The van der Waals surface area contributed by atoms with Crippen molar-refractivity contribution in [1.29, 1.82) is 0 Å². The topological polar surface area (TPSA) is 73.8 Å². The molecule has 9 nitrogen and oxygen atoms in total. The van der Waals surface area contributed by atoms with Gasteiger partial charge in [-0.15, -0.1) is 0 Å². The zero-order chi connectivity index (χ0) is 39.0. The maximum absolute atomic E-state index is 6.08. The number of pyridine rings is 4. The lowest BCUT2D eigenvalue weighted by Crippen LogP contribution is -2.46. The van der Waals surface area contributed by atoms with E-state index < -0.39 is 0 Å². The van der Waals surface area contributed by atoms with Gasteiger partial charge in [-0.25, -0.2) is 19.9 Å². The van der Waals surface area contributed by atoms with Gasteiger partial charge in [0.2, 0.25) is 5.88 Å². The van der Waals surface area contributed by atoms with E-state index in [1.165, 1.54) is 21.5 Å². The van der Waals surface area contributed by atoms with Crippen molar-refractivity contribution in [1.82, 2.24) is 29.7 Å². The summed E-state index contributed by atoms with van der Waals surface area (Å²) in [5, 5.41) is 5.31. The monoisotopic (exact) mass is 776 g/mol. The molecule has 4 aromatic heterocycles. The molecule has 2 fully saturated rings. The summed E-state index contributed by atoms with van der Waals surface area (Å²) in [5.74, 6) is 2.74. The van der Waals surface area contributed by atoms with Crippen molar-refractivity contribution in [2.24, 2.45) is 0 Å². The van der Waals surface area contributed by atoms with E-state index in [-0.39, 0.29) is 0 Å². The van der Waals surface area contributed by atoms with Crippen LogP contribution in [0.25, 0.3) is 44.1 Å². The van der Waals surface area contributed by atoms with E-state index in [1.807, 2.05) is 42.5 Å². The van der Waals surface area contributed by atoms with E-state index in [2.05, 4.69) is 116 Å². The molecule has 6 heterocycles. The van der Waals surface area contributed by atoms with Gasteiger partial charge in [0.15, 0.2) is 0 Å². The quantitative estimate of drug-likeness (QED) is 0.134. The first kappa shape index (κ1) is 38.3. The Morgan fingerprint density at radius 1 is 0.544 bits per heavy atom. The molecule has 2 saturated heterocycles. The highest BCUT2D eigenvalue weighted by Crippen LogP contribution is 2.33. The van der Waals surface area contributed by atoms with Crippen molar-refractivity contribution in [3.63, 3.8) is 0 Å². The largest absolute Gasteiger partial charge is 0.473 e. The summed E-state index contributed by atoms with van der Waals surface area (Å²) in [4.78, 5) is 28.4. The van der Waals surface area contributed by atoms with Crippen LogP contribution in [-0.2, 0) is 6.61 Å². The van der Waals surface area contributed by atoms with Gasteiger partial charge in [-0.3, -0.25) is 0 Å². The van der Waals surface area contributed by atoms with Gasteiger partial charge < -0.3 is 24.3 Å². The van der Waals surface area contributed by atoms with Crippen LogP contribution in [0.15, 0.2) is 128 Å². The van der Waals surface area contributed by atoms with Crippen LogP contribution in [-0.4, -0.2) is 95.2 Å². The third-order valence-corrected chi connectivity index (χ3v) is 11.2. The maximum atomic E-state index is 6.08. The molecule has 0 unspecified atom stereocenters. The molecule has 57 heavy (non-hydrogen) atoms. The first-order valence-electron chi connectivity index (χ1n) is 20.0. The molecule has 7 aromatic rings. The second kappa shape index (κ2) is 18.1. The minimum atomic E-state index is 0.491. The summed E-state index contributed by atoms with van der Waals surface area (Å²) in [6.07, 6.45) is 3.53. The van der Waals surface area contributed by atoms with Crippen LogP contribution in [0.4, 0.5) is 11.6 Å². The number of aromatic nitrogens is 4. The van der Waals surface area contributed by atoms with Crippen LogP contribution in [0.1, 0.15) is 19.4 Å². The summed E-state index contributed by atoms with van der Waals surface area (Å²) in [6, 6.07) is 39.3. The Bertz CT molecular complexity index is 2410. The van der Waals surface area contributed by atoms with Crippen molar-refractivity contribution < 1.29 is 4.74 Å². The fourth-order valence-corrected chi connectivity index (χ4v) is 7.81. The van der Waals surface area contributed by atoms with Crippen molar-refractivity contribution in [2.75, 3.05) is 75.2 Å². The molecule has 0 bridgehead atoms. The smallest absolute Gasteiger partial charge is 0.214 e. The van der Waals surface area contributed by atoms with Crippen LogP contribution in [0, 0.1) is 0 Å². The van der Waals surface area contributed by atoms with Gasteiger partial charge >= 0.3 is 0 Å². The standard InChI is InChI=1S/C27H28N4O.C20H21ClN4/c1-2-30-14-16-31(17-15-30)27-24-11-7-6-10-22(24)18-25(29-27)23-12-13-28-26(19-23)32-20-21-8-4-3-5-9-21;1-2-24-9-11-25(12-10-24)20-17-6-4-3-5-15(17)13-18(23-20)16-7-8-22-19(21)14-16/h3-13,18-19H,2,14-17,20H2,1H3;3-8,13-14H,2,9-12H2,1H3. The summed E-state index contributed by atoms with van der Waals surface area (Å²) < 4.78 is 5.96. The first-order valence-corrected chi connectivity index (χ1v) is 20.4.